The molecule has 0 saturated carbocycles. The minimum Gasteiger partial charge on any atom is -0.484 e. The molecule has 0 aromatic heterocycles. The van der Waals surface area contributed by atoms with Crippen LogP contribution in [0, 0.1) is 0 Å². The number of halogens is 1. The third-order valence-corrected chi connectivity index (χ3v) is 3.56. The number of benzene rings is 2. The lowest BCUT2D eigenvalue weighted by molar-refractivity contribution is -0.127. The van der Waals surface area contributed by atoms with E-state index in [9.17, 15) is 9.59 Å². The number of carbonyl (C=O) groups is 2. The van der Waals surface area contributed by atoms with Crippen LogP contribution in [-0.2, 0) is 9.59 Å². The minimum atomic E-state index is -0.354. The van der Waals surface area contributed by atoms with Gasteiger partial charge in [-0.25, -0.2) is 0 Å². The summed E-state index contributed by atoms with van der Waals surface area (Å²) in [7, 11) is 0. The van der Waals surface area contributed by atoms with E-state index in [4.69, 9.17) is 16.3 Å². The summed E-state index contributed by atoms with van der Waals surface area (Å²) in [6.07, 6.45) is 0. The lowest BCUT2D eigenvalue weighted by atomic mass is 10.1. The third kappa shape index (κ3) is 5.93. The standard InChI is InChI=1S/C18H19ClN2O3/c1-13(14-7-9-15(19)10-8-14)21-17(22)11-20-18(23)12-24-16-5-3-2-4-6-16/h2-10,13H,11-12H2,1H3,(H,20,23)(H,21,22). The largest absolute Gasteiger partial charge is 0.484 e. The van der Waals surface area contributed by atoms with E-state index >= 15 is 0 Å². The first-order valence-electron chi connectivity index (χ1n) is 7.54. The highest BCUT2D eigenvalue weighted by Crippen LogP contribution is 2.15. The average Bonchev–Trinajstić information content (AvgIpc) is 2.59. The third-order valence-electron chi connectivity index (χ3n) is 3.31. The molecule has 0 aliphatic rings. The molecule has 0 bridgehead atoms. The Labute approximate surface area is 146 Å². The molecule has 0 heterocycles. The summed E-state index contributed by atoms with van der Waals surface area (Å²) in [4.78, 5) is 23.6. The van der Waals surface area contributed by atoms with Gasteiger partial charge in [0.2, 0.25) is 5.91 Å². The van der Waals surface area contributed by atoms with Crippen LogP contribution in [0.25, 0.3) is 0 Å². The van der Waals surface area contributed by atoms with E-state index in [-0.39, 0.29) is 31.0 Å². The number of carbonyl (C=O) groups excluding carboxylic acids is 2. The van der Waals surface area contributed by atoms with Gasteiger partial charge in [-0.15, -0.1) is 0 Å². The zero-order valence-electron chi connectivity index (χ0n) is 13.3. The minimum absolute atomic E-state index is 0.102. The smallest absolute Gasteiger partial charge is 0.258 e. The average molecular weight is 347 g/mol. The molecule has 0 radical (unpaired) electrons. The van der Waals surface area contributed by atoms with E-state index < -0.39 is 0 Å². The molecule has 2 N–H and O–H groups in total. The van der Waals surface area contributed by atoms with Gasteiger partial charge in [-0.3, -0.25) is 9.59 Å². The van der Waals surface area contributed by atoms with Crippen molar-refractivity contribution in [2.45, 2.75) is 13.0 Å². The number of rotatable bonds is 7. The fourth-order valence-electron chi connectivity index (χ4n) is 2.02. The van der Waals surface area contributed by atoms with Crippen LogP contribution in [0.1, 0.15) is 18.5 Å². The molecule has 6 heteroatoms. The van der Waals surface area contributed by atoms with Crippen molar-refractivity contribution >= 4 is 23.4 Å². The monoisotopic (exact) mass is 346 g/mol. The lowest BCUT2D eigenvalue weighted by Crippen LogP contribution is -2.39. The van der Waals surface area contributed by atoms with Gasteiger partial charge >= 0.3 is 0 Å². The second kappa shape index (κ2) is 8.93. The van der Waals surface area contributed by atoms with E-state index in [2.05, 4.69) is 10.6 Å². The van der Waals surface area contributed by atoms with E-state index in [1.807, 2.05) is 37.3 Å². The predicted molar refractivity (Wildman–Crippen MR) is 93.0 cm³/mol. The van der Waals surface area contributed by atoms with Crippen LogP contribution in [-0.4, -0.2) is 25.0 Å². The van der Waals surface area contributed by atoms with Gasteiger partial charge in [0.05, 0.1) is 12.6 Å². The van der Waals surface area contributed by atoms with Gasteiger partial charge in [0.15, 0.2) is 6.61 Å². The van der Waals surface area contributed by atoms with Gasteiger partial charge in [0.1, 0.15) is 5.75 Å². The Hall–Kier alpha value is -2.53. The molecular formula is C18H19ClN2O3. The Morgan fingerprint density at radius 1 is 1.04 bits per heavy atom. The maximum Gasteiger partial charge on any atom is 0.258 e. The second-order valence-corrected chi connectivity index (χ2v) is 5.66. The van der Waals surface area contributed by atoms with E-state index in [1.165, 1.54) is 0 Å². The van der Waals surface area contributed by atoms with Gasteiger partial charge in [-0.05, 0) is 36.8 Å². The van der Waals surface area contributed by atoms with E-state index in [0.717, 1.165) is 5.56 Å². The molecule has 0 aliphatic carbocycles. The second-order valence-electron chi connectivity index (χ2n) is 5.22. The first-order valence-corrected chi connectivity index (χ1v) is 7.92. The van der Waals surface area contributed by atoms with Crippen molar-refractivity contribution in [1.82, 2.24) is 10.6 Å². The van der Waals surface area contributed by atoms with Crippen LogP contribution in [0.3, 0.4) is 0 Å². The van der Waals surface area contributed by atoms with Crippen LogP contribution in [0.5, 0.6) is 5.75 Å². The van der Waals surface area contributed by atoms with E-state index in [1.54, 1.807) is 24.3 Å². The van der Waals surface area contributed by atoms with Gasteiger partial charge < -0.3 is 15.4 Å². The summed E-state index contributed by atoms with van der Waals surface area (Å²) in [6.45, 7) is 1.63. The van der Waals surface area contributed by atoms with Gasteiger partial charge in [0, 0.05) is 5.02 Å². The molecule has 2 aromatic carbocycles. The molecule has 1 unspecified atom stereocenters. The summed E-state index contributed by atoms with van der Waals surface area (Å²) in [6, 6.07) is 16.1. The Balaban J connectivity index is 1.70. The normalized spacial score (nSPS) is 11.4. The number of hydrogen-bond donors (Lipinski definition) is 2. The van der Waals surface area contributed by atoms with Crippen molar-refractivity contribution in [3.8, 4) is 5.75 Å². The van der Waals surface area contributed by atoms with Crippen molar-refractivity contribution in [2.24, 2.45) is 0 Å². The van der Waals surface area contributed by atoms with Crippen LogP contribution in [0.15, 0.2) is 54.6 Å². The molecule has 0 aliphatic heterocycles. The van der Waals surface area contributed by atoms with Crippen molar-refractivity contribution in [3.05, 3.63) is 65.2 Å². The molecule has 0 fully saturated rings. The lowest BCUT2D eigenvalue weighted by Gasteiger charge is -2.15. The summed E-state index contributed by atoms with van der Waals surface area (Å²) in [5.74, 6) is -0.0212. The quantitative estimate of drug-likeness (QED) is 0.810. The molecule has 2 aromatic rings. The summed E-state index contributed by atoms with van der Waals surface area (Å²) < 4.78 is 5.31. The van der Waals surface area contributed by atoms with E-state index in [0.29, 0.717) is 10.8 Å². The van der Waals surface area contributed by atoms with Crippen LogP contribution in [0.2, 0.25) is 5.02 Å². The van der Waals surface area contributed by atoms with Crippen molar-refractivity contribution in [2.75, 3.05) is 13.2 Å². The number of ether oxygens (including phenoxy) is 1. The molecule has 0 spiro atoms. The maximum atomic E-state index is 11.9. The zero-order valence-corrected chi connectivity index (χ0v) is 14.0. The van der Waals surface area contributed by atoms with Crippen molar-refractivity contribution in [1.29, 1.82) is 0 Å². The summed E-state index contributed by atoms with van der Waals surface area (Å²) in [5, 5.41) is 5.97. The fourth-order valence-corrected chi connectivity index (χ4v) is 2.15. The SMILES string of the molecule is CC(NC(=O)CNC(=O)COc1ccccc1)c1ccc(Cl)cc1. The molecule has 126 valence electrons. The number of nitrogens with one attached hydrogen (secondary N) is 2. The van der Waals surface area contributed by atoms with Gasteiger partial charge in [-0.1, -0.05) is 41.9 Å². The highest BCUT2D eigenvalue weighted by Gasteiger charge is 2.11. The number of para-hydroxylation sites is 1. The molecule has 2 rings (SSSR count). The van der Waals surface area contributed by atoms with Crippen LogP contribution in [0.4, 0.5) is 0 Å². The summed E-state index contributed by atoms with van der Waals surface area (Å²) >= 11 is 5.83. The zero-order chi connectivity index (χ0) is 17.4. The highest BCUT2D eigenvalue weighted by molar-refractivity contribution is 6.30. The molecule has 24 heavy (non-hydrogen) atoms. The molecular weight excluding hydrogens is 328 g/mol. The topological polar surface area (TPSA) is 67.4 Å². The van der Waals surface area contributed by atoms with Gasteiger partial charge in [0.25, 0.3) is 5.91 Å². The first kappa shape index (κ1) is 17.8. The molecule has 5 nitrogen and oxygen atoms in total. The molecule has 0 saturated heterocycles. The Bertz CT molecular complexity index is 674. The molecule has 1 atom stereocenters. The van der Waals surface area contributed by atoms with Crippen LogP contribution < -0.4 is 15.4 Å². The Morgan fingerprint density at radius 3 is 2.38 bits per heavy atom. The fraction of sp³-hybridized carbons (Fsp3) is 0.222. The Morgan fingerprint density at radius 2 is 1.71 bits per heavy atom. The Kier molecular flexibility index (Phi) is 6.63. The predicted octanol–water partition coefficient (Wildman–Crippen LogP) is 2.71. The first-order chi connectivity index (χ1) is 11.5. The number of amides is 2. The summed E-state index contributed by atoms with van der Waals surface area (Å²) in [5.41, 5.74) is 0.937. The van der Waals surface area contributed by atoms with Crippen molar-refractivity contribution in [3.63, 3.8) is 0 Å². The van der Waals surface area contributed by atoms with Gasteiger partial charge in [-0.2, -0.15) is 0 Å². The maximum absolute atomic E-state index is 11.9. The number of hydrogen-bond acceptors (Lipinski definition) is 3. The highest BCUT2D eigenvalue weighted by atomic mass is 35.5. The van der Waals surface area contributed by atoms with Crippen molar-refractivity contribution < 1.29 is 14.3 Å². The van der Waals surface area contributed by atoms with Crippen LogP contribution >= 0.6 is 11.6 Å². The molecule has 2 amide bonds.